The average molecular weight is 474 g/mol. The van der Waals surface area contributed by atoms with Gasteiger partial charge in [0.1, 0.15) is 11.6 Å². The quantitative estimate of drug-likeness (QED) is 0.589. The van der Waals surface area contributed by atoms with Crippen LogP contribution in [0, 0.1) is 11.8 Å². The Labute approximate surface area is 199 Å². The van der Waals surface area contributed by atoms with E-state index >= 15 is 0 Å². The molecule has 2 aliphatic rings. The second kappa shape index (κ2) is 11.2. The van der Waals surface area contributed by atoms with E-state index < -0.39 is 0 Å². The number of ether oxygens (including phenoxy) is 2. The van der Waals surface area contributed by atoms with Crippen molar-refractivity contribution in [3.63, 3.8) is 0 Å². The van der Waals surface area contributed by atoms with Crippen LogP contribution in [0.3, 0.4) is 0 Å². The van der Waals surface area contributed by atoms with Gasteiger partial charge < -0.3 is 25.4 Å². The van der Waals surface area contributed by atoms with Crippen LogP contribution in [0.4, 0.5) is 11.6 Å². The lowest BCUT2D eigenvalue weighted by Gasteiger charge is -2.32. The van der Waals surface area contributed by atoms with E-state index in [4.69, 9.17) is 26.1 Å². The molecule has 0 radical (unpaired) electrons. The molecule has 4 heterocycles. The molecule has 4 rings (SSSR count). The minimum atomic E-state index is -0.269. The molecule has 3 N–H and O–H groups in total. The summed E-state index contributed by atoms with van der Waals surface area (Å²) >= 11 is 6.44. The molecule has 1 amide bonds. The Morgan fingerprint density at radius 2 is 2.06 bits per heavy atom. The molecule has 2 unspecified atom stereocenters. The zero-order valence-electron chi connectivity index (χ0n) is 19.1. The van der Waals surface area contributed by atoms with Crippen LogP contribution in [-0.2, 0) is 14.3 Å². The van der Waals surface area contributed by atoms with E-state index in [1.165, 1.54) is 0 Å². The second-order valence-corrected chi connectivity index (χ2v) is 9.31. The first-order valence-electron chi connectivity index (χ1n) is 11.6. The molecule has 0 aliphatic carbocycles. The first-order chi connectivity index (χ1) is 16.0. The van der Waals surface area contributed by atoms with E-state index in [-0.39, 0.29) is 24.0 Å². The van der Waals surface area contributed by atoms with Crippen molar-refractivity contribution < 1.29 is 14.3 Å². The van der Waals surface area contributed by atoms with Gasteiger partial charge in [0, 0.05) is 31.4 Å². The Morgan fingerprint density at radius 1 is 1.24 bits per heavy atom. The number of halogens is 1. The van der Waals surface area contributed by atoms with E-state index in [1.807, 2.05) is 18.2 Å². The van der Waals surface area contributed by atoms with Gasteiger partial charge in [-0.2, -0.15) is 0 Å². The number of carbonyl (C=O) groups excluding carboxylic acids is 1. The summed E-state index contributed by atoms with van der Waals surface area (Å²) in [4.78, 5) is 21.7. The molecule has 0 spiro atoms. The summed E-state index contributed by atoms with van der Waals surface area (Å²) in [6.45, 7) is 7.42. The number of anilines is 2. The maximum Gasteiger partial charge on any atom is 0.232 e. The molecule has 2 saturated heterocycles. The van der Waals surface area contributed by atoms with Crippen molar-refractivity contribution in [3.05, 3.63) is 35.5 Å². The lowest BCUT2D eigenvalue weighted by molar-refractivity contribution is -0.121. The Hall–Kier alpha value is -2.26. The predicted octanol–water partition coefficient (Wildman–Crippen LogP) is 3.59. The summed E-state index contributed by atoms with van der Waals surface area (Å²) in [6, 6.07) is 7.56. The number of hydrogen-bond acceptors (Lipinski definition) is 7. The van der Waals surface area contributed by atoms with Gasteiger partial charge >= 0.3 is 0 Å². The van der Waals surface area contributed by atoms with Gasteiger partial charge in [0.2, 0.25) is 5.91 Å². The predicted molar refractivity (Wildman–Crippen MR) is 130 cm³/mol. The van der Waals surface area contributed by atoms with Gasteiger partial charge in [-0.1, -0.05) is 17.7 Å². The van der Waals surface area contributed by atoms with Gasteiger partial charge in [-0.15, -0.1) is 0 Å². The van der Waals surface area contributed by atoms with Gasteiger partial charge in [0.05, 0.1) is 42.1 Å². The van der Waals surface area contributed by atoms with Crippen LogP contribution in [0.25, 0.3) is 11.3 Å². The van der Waals surface area contributed by atoms with Crippen LogP contribution in [-0.4, -0.2) is 60.9 Å². The Bertz CT molecular complexity index is 941. The van der Waals surface area contributed by atoms with Crippen molar-refractivity contribution in [3.8, 4) is 11.3 Å². The van der Waals surface area contributed by atoms with Crippen LogP contribution in [0.2, 0.25) is 5.02 Å². The van der Waals surface area contributed by atoms with E-state index in [9.17, 15) is 4.79 Å². The van der Waals surface area contributed by atoms with E-state index in [0.717, 1.165) is 37.4 Å². The Balaban J connectivity index is 1.43. The molecule has 9 heteroatoms. The highest BCUT2D eigenvalue weighted by atomic mass is 35.5. The molecule has 0 bridgehead atoms. The van der Waals surface area contributed by atoms with Gasteiger partial charge in [0.15, 0.2) is 0 Å². The Morgan fingerprint density at radius 3 is 2.88 bits per heavy atom. The first-order valence-corrected chi connectivity index (χ1v) is 12.0. The number of carbonyl (C=O) groups is 1. The number of hydrogen-bond donors (Lipinski definition) is 3. The molecule has 0 saturated carbocycles. The maximum absolute atomic E-state index is 12.7. The third kappa shape index (κ3) is 6.63. The fourth-order valence-corrected chi connectivity index (χ4v) is 4.65. The highest BCUT2D eigenvalue weighted by molar-refractivity contribution is 6.33. The first kappa shape index (κ1) is 23.9. The highest BCUT2D eigenvalue weighted by Gasteiger charge is 2.24. The molecule has 0 aromatic carbocycles. The number of pyridine rings is 2. The molecule has 8 nitrogen and oxygen atoms in total. The normalized spacial score (nSPS) is 25.8. The number of amides is 1. The van der Waals surface area contributed by atoms with Crippen LogP contribution in [0.15, 0.2) is 30.5 Å². The maximum atomic E-state index is 12.7. The summed E-state index contributed by atoms with van der Waals surface area (Å²) in [5.41, 5.74) is 1.44. The third-order valence-electron chi connectivity index (χ3n) is 6.00. The van der Waals surface area contributed by atoms with Crippen molar-refractivity contribution >= 4 is 29.1 Å². The second-order valence-electron chi connectivity index (χ2n) is 8.90. The van der Waals surface area contributed by atoms with Gasteiger partial charge in [-0.25, -0.2) is 9.97 Å². The van der Waals surface area contributed by atoms with E-state index in [0.29, 0.717) is 42.1 Å². The Kier molecular flexibility index (Phi) is 8.14. The molecule has 33 heavy (non-hydrogen) atoms. The molecular formula is C24H32ClN5O3. The van der Waals surface area contributed by atoms with Gasteiger partial charge in [-0.3, -0.25) is 4.79 Å². The van der Waals surface area contributed by atoms with Gasteiger partial charge in [-0.05, 0) is 50.8 Å². The van der Waals surface area contributed by atoms with Crippen molar-refractivity contribution in [1.29, 1.82) is 0 Å². The monoisotopic (exact) mass is 473 g/mol. The fourth-order valence-electron chi connectivity index (χ4n) is 4.45. The van der Waals surface area contributed by atoms with Crippen molar-refractivity contribution in [1.82, 2.24) is 15.3 Å². The number of rotatable bonds is 6. The van der Waals surface area contributed by atoms with Crippen molar-refractivity contribution in [2.24, 2.45) is 11.8 Å². The number of aromatic nitrogens is 2. The smallest absolute Gasteiger partial charge is 0.232 e. The molecule has 4 atom stereocenters. The minimum absolute atomic E-state index is 0.131. The fraction of sp³-hybridized carbons (Fsp3) is 0.542. The third-order valence-corrected chi connectivity index (χ3v) is 6.30. The zero-order chi connectivity index (χ0) is 23.2. The molecular weight excluding hydrogens is 442 g/mol. The van der Waals surface area contributed by atoms with E-state index in [2.05, 4.69) is 34.8 Å². The molecule has 178 valence electrons. The lowest BCUT2D eigenvalue weighted by atomic mass is 9.92. The summed E-state index contributed by atoms with van der Waals surface area (Å²) in [6.07, 6.45) is 4.19. The number of nitrogens with one attached hydrogen (secondary N) is 3. The SMILES string of the molecule is C[C@@H]1CC(CNc2cccc(-c3cc(NC(=O)C4CNCCOC4)ncc3Cl)n2)C[C@H](C)O1. The summed E-state index contributed by atoms with van der Waals surface area (Å²) in [5, 5.41) is 10.0. The van der Waals surface area contributed by atoms with E-state index in [1.54, 1.807) is 12.3 Å². The lowest BCUT2D eigenvalue weighted by Crippen LogP contribution is -2.33. The summed E-state index contributed by atoms with van der Waals surface area (Å²) in [5.74, 6) is 1.37. The number of nitrogens with zero attached hydrogens (tertiary/aromatic N) is 2. The van der Waals surface area contributed by atoms with Crippen molar-refractivity contribution in [2.45, 2.75) is 38.9 Å². The molecule has 2 aromatic heterocycles. The van der Waals surface area contributed by atoms with Crippen molar-refractivity contribution in [2.75, 3.05) is 43.5 Å². The van der Waals surface area contributed by atoms with Gasteiger partial charge in [0.25, 0.3) is 0 Å². The topological polar surface area (TPSA) is 97.4 Å². The van der Waals surface area contributed by atoms with Crippen LogP contribution in [0.5, 0.6) is 0 Å². The summed E-state index contributed by atoms with van der Waals surface area (Å²) in [7, 11) is 0. The van der Waals surface area contributed by atoms with Crippen LogP contribution < -0.4 is 16.0 Å². The molecule has 2 fully saturated rings. The highest BCUT2D eigenvalue weighted by Crippen LogP contribution is 2.29. The standard InChI is InChI=1S/C24H32ClN5O3/c1-15-8-17(9-16(2)33-15)11-27-22-5-3-4-21(29-22)19-10-23(28-13-20(19)25)30-24(31)18-12-26-6-7-32-14-18/h3-5,10,13,15-18,26H,6-9,11-12,14H2,1-2H3,(H,27,29)(H,28,30,31)/t15-,16+,17?,18?. The largest absolute Gasteiger partial charge is 0.379 e. The zero-order valence-corrected chi connectivity index (χ0v) is 19.9. The average Bonchev–Trinajstić information content (AvgIpc) is 3.08. The van der Waals surface area contributed by atoms with Crippen LogP contribution in [0.1, 0.15) is 26.7 Å². The van der Waals surface area contributed by atoms with Crippen LogP contribution >= 0.6 is 11.6 Å². The molecule has 2 aromatic rings. The summed E-state index contributed by atoms with van der Waals surface area (Å²) < 4.78 is 11.3. The molecule has 2 aliphatic heterocycles. The minimum Gasteiger partial charge on any atom is -0.379 e.